The monoisotopic (exact) mass is 790 g/mol. The highest BCUT2D eigenvalue weighted by Crippen LogP contribution is 2.47. The summed E-state index contributed by atoms with van der Waals surface area (Å²) < 4.78 is 4.92. The highest BCUT2D eigenvalue weighted by molar-refractivity contribution is 6.29. The lowest BCUT2D eigenvalue weighted by molar-refractivity contribution is 1.17. The number of para-hydroxylation sites is 3. The quantitative estimate of drug-likeness (QED) is 0.161. The van der Waals surface area contributed by atoms with Crippen LogP contribution >= 0.6 is 0 Å². The molecule has 0 fully saturated rings. The molecule has 4 heteroatoms. The van der Waals surface area contributed by atoms with Gasteiger partial charge in [-0.1, -0.05) is 176 Å². The Bertz CT molecular complexity index is 3470. The molecule has 0 saturated heterocycles. The second-order valence-corrected chi connectivity index (χ2v) is 15.7. The average molecular weight is 791 g/mol. The van der Waals surface area contributed by atoms with Gasteiger partial charge in [0.1, 0.15) is 0 Å². The molecule has 0 spiro atoms. The normalized spacial score (nSPS) is 11.5. The summed E-state index contributed by atoms with van der Waals surface area (Å²) in [6.07, 6.45) is 0. The highest BCUT2D eigenvalue weighted by atomic mass is 15.0. The Morgan fingerprint density at radius 3 is 1.23 bits per heavy atom. The molecule has 12 aromatic rings. The van der Waals surface area contributed by atoms with E-state index in [2.05, 4.69) is 215 Å². The fraction of sp³-hybridized carbons (Fsp3) is 0. The van der Waals surface area contributed by atoms with Gasteiger partial charge in [-0.05, 0) is 65.7 Å². The largest absolute Gasteiger partial charge is 0.309 e. The van der Waals surface area contributed by atoms with E-state index in [4.69, 9.17) is 9.97 Å². The minimum atomic E-state index is 0.689. The first-order chi connectivity index (χ1) is 30.8. The van der Waals surface area contributed by atoms with Gasteiger partial charge in [0.05, 0.1) is 39.1 Å². The molecule has 9 aromatic carbocycles. The molecule has 0 amide bonds. The van der Waals surface area contributed by atoms with E-state index in [9.17, 15) is 0 Å². The van der Waals surface area contributed by atoms with Crippen molar-refractivity contribution in [2.24, 2.45) is 0 Å². The zero-order valence-electron chi connectivity index (χ0n) is 33.7. The van der Waals surface area contributed by atoms with E-state index in [1.54, 1.807) is 0 Å². The Labute approximate surface area is 359 Å². The summed E-state index contributed by atoms with van der Waals surface area (Å²) in [4.78, 5) is 10.5. The lowest BCUT2D eigenvalue weighted by atomic mass is 9.91. The summed E-state index contributed by atoms with van der Waals surface area (Å²) in [5, 5.41) is 4.93. The molecule has 0 radical (unpaired) electrons. The highest BCUT2D eigenvalue weighted by Gasteiger charge is 2.25. The molecule has 12 rings (SSSR count). The number of rotatable bonds is 7. The van der Waals surface area contributed by atoms with Crippen molar-refractivity contribution in [2.75, 3.05) is 0 Å². The van der Waals surface area contributed by atoms with E-state index in [-0.39, 0.29) is 0 Å². The fourth-order valence-corrected chi connectivity index (χ4v) is 9.38. The van der Waals surface area contributed by atoms with Gasteiger partial charge in [0, 0.05) is 55.0 Å². The van der Waals surface area contributed by atoms with Gasteiger partial charge in [-0.3, -0.25) is 0 Å². The van der Waals surface area contributed by atoms with E-state index in [0.717, 1.165) is 72.7 Å². The van der Waals surface area contributed by atoms with Crippen LogP contribution in [0, 0.1) is 0 Å². The van der Waals surface area contributed by atoms with E-state index in [0.29, 0.717) is 5.82 Å². The molecule has 0 unspecified atom stereocenters. The maximum Gasteiger partial charge on any atom is 0.160 e. The minimum Gasteiger partial charge on any atom is -0.309 e. The Hall–Kier alpha value is -8.34. The van der Waals surface area contributed by atoms with E-state index < -0.39 is 0 Å². The van der Waals surface area contributed by atoms with Crippen LogP contribution in [0.5, 0.6) is 0 Å². The zero-order chi connectivity index (χ0) is 41.0. The molecule has 62 heavy (non-hydrogen) atoms. The molecule has 0 N–H and O–H groups in total. The first kappa shape index (κ1) is 35.6. The van der Waals surface area contributed by atoms with Gasteiger partial charge >= 0.3 is 0 Å². The van der Waals surface area contributed by atoms with Crippen molar-refractivity contribution in [3.8, 4) is 67.5 Å². The van der Waals surface area contributed by atoms with Crippen molar-refractivity contribution in [1.29, 1.82) is 0 Å². The van der Waals surface area contributed by atoms with Crippen LogP contribution in [0.3, 0.4) is 0 Å². The van der Waals surface area contributed by atoms with Crippen LogP contribution in [-0.4, -0.2) is 19.1 Å². The summed E-state index contributed by atoms with van der Waals surface area (Å²) in [7, 11) is 0. The van der Waals surface area contributed by atoms with Gasteiger partial charge in [-0.25, -0.2) is 9.97 Å². The Morgan fingerprint density at radius 2 is 0.694 bits per heavy atom. The summed E-state index contributed by atoms with van der Waals surface area (Å²) >= 11 is 0. The fourth-order valence-electron chi connectivity index (χ4n) is 9.38. The first-order valence-corrected chi connectivity index (χ1v) is 21.1. The van der Waals surface area contributed by atoms with Gasteiger partial charge in [-0.2, -0.15) is 0 Å². The van der Waals surface area contributed by atoms with Crippen molar-refractivity contribution in [1.82, 2.24) is 19.1 Å². The third-order valence-corrected chi connectivity index (χ3v) is 12.1. The minimum absolute atomic E-state index is 0.689. The van der Waals surface area contributed by atoms with Crippen LogP contribution in [-0.2, 0) is 0 Å². The smallest absolute Gasteiger partial charge is 0.160 e. The summed E-state index contributed by atoms with van der Waals surface area (Å²) in [6.45, 7) is 0. The van der Waals surface area contributed by atoms with Gasteiger partial charge in [-0.15, -0.1) is 0 Å². The summed E-state index contributed by atoms with van der Waals surface area (Å²) in [5.41, 5.74) is 16.1. The zero-order valence-corrected chi connectivity index (χ0v) is 33.7. The summed E-state index contributed by atoms with van der Waals surface area (Å²) in [5.74, 6) is 0.689. The number of nitrogens with zero attached hydrogens (tertiary/aromatic N) is 4. The maximum absolute atomic E-state index is 5.33. The molecular weight excluding hydrogens is 753 g/mol. The second kappa shape index (κ2) is 14.7. The van der Waals surface area contributed by atoms with Crippen molar-refractivity contribution in [3.05, 3.63) is 231 Å². The number of benzene rings is 9. The van der Waals surface area contributed by atoms with Crippen LogP contribution in [0.25, 0.3) is 111 Å². The molecule has 4 nitrogen and oxygen atoms in total. The SMILES string of the molecule is c1ccc(-c2cc(-c3cc(-c4ccccc4)c(-n4c5ccccc5c5c6c7ccccc7n(-c7ccccc7)c6ccc54)c(-c4ccccc4)c3)nc(-c3ccccc3)n2)cc1. The lowest BCUT2D eigenvalue weighted by Gasteiger charge is -2.21. The van der Waals surface area contributed by atoms with Crippen LogP contribution in [0.1, 0.15) is 0 Å². The predicted octanol–water partition coefficient (Wildman–Crippen LogP) is 15.0. The molecule has 3 aromatic heterocycles. The topological polar surface area (TPSA) is 35.6 Å². The van der Waals surface area contributed by atoms with Crippen molar-refractivity contribution in [2.45, 2.75) is 0 Å². The Kier molecular flexibility index (Phi) is 8.46. The number of aromatic nitrogens is 4. The first-order valence-electron chi connectivity index (χ1n) is 21.1. The van der Waals surface area contributed by atoms with E-state index in [1.165, 1.54) is 32.6 Å². The van der Waals surface area contributed by atoms with E-state index in [1.807, 2.05) is 24.3 Å². The van der Waals surface area contributed by atoms with Crippen molar-refractivity contribution < 1.29 is 0 Å². The van der Waals surface area contributed by atoms with E-state index >= 15 is 0 Å². The van der Waals surface area contributed by atoms with Crippen LogP contribution in [0.4, 0.5) is 0 Å². The van der Waals surface area contributed by atoms with Gasteiger partial charge < -0.3 is 9.13 Å². The number of hydrogen-bond acceptors (Lipinski definition) is 2. The molecule has 0 aliphatic rings. The average Bonchev–Trinajstić information content (AvgIpc) is 3.87. The standard InChI is InChI=1S/C58H38N4/c1-6-20-39(21-7-1)47-36-43(50-38-49(41-24-10-3-11-25-41)59-58(60-50)42-26-12-4-13-27-42)37-48(40-22-8-2-9-23-40)57(47)62-52-33-19-17-31-46(52)56-54(62)35-34-53-55(56)45-30-16-18-32-51(45)61(53)44-28-14-5-15-29-44/h1-38H. The summed E-state index contributed by atoms with van der Waals surface area (Å²) in [6, 6.07) is 82.2. The third kappa shape index (κ3) is 5.84. The molecule has 0 aliphatic carbocycles. The molecule has 0 bridgehead atoms. The van der Waals surface area contributed by atoms with Crippen LogP contribution in [0.15, 0.2) is 231 Å². The predicted molar refractivity (Wildman–Crippen MR) is 258 cm³/mol. The third-order valence-electron chi connectivity index (χ3n) is 12.1. The van der Waals surface area contributed by atoms with Crippen LogP contribution in [0.2, 0.25) is 0 Å². The molecule has 0 atom stereocenters. The molecule has 0 aliphatic heterocycles. The van der Waals surface area contributed by atoms with Gasteiger partial charge in [0.25, 0.3) is 0 Å². The van der Waals surface area contributed by atoms with Crippen LogP contribution < -0.4 is 0 Å². The molecule has 0 saturated carbocycles. The second-order valence-electron chi connectivity index (χ2n) is 15.7. The van der Waals surface area contributed by atoms with Gasteiger partial charge in [0.2, 0.25) is 0 Å². The van der Waals surface area contributed by atoms with Crippen molar-refractivity contribution in [3.63, 3.8) is 0 Å². The maximum atomic E-state index is 5.33. The van der Waals surface area contributed by atoms with Crippen molar-refractivity contribution >= 4 is 43.6 Å². The molecule has 290 valence electrons. The van der Waals surface area contributed by atoms with Gasteiger partial charge in [0.15, 0.2) is 5.82 Å². The number of fused-ring (bicyclic) bond motifs is 7. The Balaban J connectivity index is 1.21. The molecule has 3 heterocycles. The Morgan fingerprint density at radius 1 is 0.290 bits per heavy atom. The lowest BCUT2D eigenvalue weighted by Crippen LogP contribution is -2.03. The molecular formula is C58H38N4. The number of hydrogen-bond donors (Lipinski definition) is 0.